The van der Waals surface area contributed by atoms with Crippen LogP contribution >= 0.6 is 0 Å². The molecule has 0 radical (unpaired) electrons. The Morgan fingerprint density at radius 1 is 1.20 bits per heavy atom. The number of allylic oxidation sites excluding steroid dienone is 2. The van der Waals surface area contributed by atoms with Crippen LogP contribution in [0.15, 0.2) is 61.1 Å². The van der Waals surface area contributed by atoms with Gasteiger partial charge in [0.1, 0.15) is 11.6 Å². The molecular weight excluding hydrogens is 441 g/mol. The van der Waals surface area contributed by atoms with Crippen molar-refractivity contribution in [2.75, 3.05) is 13.7 Å². The van der Waals surface area contributed by atoms with Gasteiger partial charge < -0.3 is 4.74 Å². The van der Waals surface area contributed by atoms with Crippen LogP contribution in [0.3, 0.4) is 0 Å². The number of hydrogen-bond acceptors (Lipinski definition) is 5. The lowest BCUT2D eigenvalue weighted by atomic mass is 9.82. The van der Waals surface area contributed by atoms with Crippen LogP contribution in [0.1, 0.15) is 41.8 Å². The largest absolute Gasteiger partial charge is 0.380 e. The van der Waals surface area contributed by atoms with Gasteiger partial charge in [0.05, 0.1) is 19.0 Å². The molecule has 6 nitrogen and oxygen atoms in total. The fourth-order valence-electron chi connectivity index (χ4n) is 5.42. The topological polar surface area (TPSA) is 65.2 Å². The van der Waals surface area contributed by atoms with Gasteiger partial charge in [0.2, 0.25) is 0 Å². The van der Waals surface area contributed by atoms with Gasteiger partial charge in [0.25, 0.3) is 0 Å². The third-order valence-corrected chi connectivity index (χ3v) is 7.09. The van der Waals surface area contributed by atoms with E-state index in [1.807, 2.05) is 0 Å². The molecule has 176 valence electrons. The number of ether oxygens (including phenoxy) is 1. The second-order valence-electron chi connectivity index (χ2n) is 9.41. The molecule has 2 aliphatic rings. The first kappa shape index (κ1) is 21.8. The van der Waals surface area contributed by atoms with Gasteiger partial charge in [-0.25, -0.2) is 18.9 Å². The molecule has 0 saturated heterocycles. The van der Waals surface area contributed by atoms with Crippen molar-refractivity contribution in [2.45, 2.75) is 32.1 Å². The number of methoxy groups -OCH3 is 1. The summed E-state index contributed by atoms with van der Waals surface area (Å²) in [4.78, 5) is 13.6. The van der Waals surface area contributed by atoms with Crippen molar-refractivity contribution in [1.82, 2.24) is 24.6 Å². The van der Waals surface area contributed by atoms with Gasteiger partial charge in [-0.15, -0.1) is 0 Å². The highest BCUT2D eigenvalue weighted by molar-refractivity contribution is 5.77. The Labute approximate surface area is 203 Å². The zero-order valence-corrected chi connectivity index (χ0v) is 19.7. The van der Waals surface area contributed by atoms with Gasteiger partial charge in [-0.1, -0.05) is 36.4 Å². The lowest BCUT2D eigenvalue weighted by Gasteiger charge is -2.24. The van der Waals surface area contributed by atoms with Crippen molar-refractivity contribution in [1.29, 1.82) is 0 Å². The summed E-state index contributed by atoms with van der Waals surface area (Å²) in [6.07, 6.45) is 9.61. The predicted molar refractivity (Wildman–Crippen MR) is 133 cm³/mol. The quantitative estimate of drug-likeness (QED) is 0.383. The molecule has 2 aliphatic carbocycles. The average Bonchev–Trinajstić information content (AvgIpc) is 3.46. The van der Waals surface area contributed by atoms with E-state index in [4.69, 9.17) is 14.7 Å². The lowest BCUT2D eigenvalue weighted by Crippen LogP contribution is -2.16. The van der Waals surface area contributed by atoms with Crippen molar-refractivity contribution in [2.24, 2.45) is 5.92 Å². The van der Waals surface area contributed by atoms with E-state index in [1.54, 1.807) is 29.6 Å². The molecule has 0 bridgehead atoms. The van der Waals surface area contributed by atoms with Crippen LogP contribution in [0.25, 0.3) is 28.2 Å². The molecular formula is C28H26FN5O. The summed E-state index contributed by atoms with van der Waals surface area (Å²) >= 11 is 0. The Balaban J connectivity index is 1.39. The number of pyridine rings is 1. The lowest BCUT2D eigenvalue weighted by molar-refractivity contribution is 0.240. The maximum Gasteiger partial charge on any atom is 0.167 e. The molecule has 0 fully saturated rings. The molecule has 0 spiro atoms. The Bertz CT molecular complexity index is 1490. The van der Waals surface area contributed by atoms with Crippen molar-refractivity contribution in [3.8, 4) is 11.4 Å². The van der Waals surface area contributed by atoms with Gasteiger partial charge in [-0.2, -0.15) is 5.10 Å². The maximum absolute atomic E-state index is 14.0. The molecule has 6 rings (SSSR count). The fourth-order valence-corrected chi connectivity index (χ4v) is 5.42. The van der Waals surface area contributed by atoms with Crippen molar-refractivity contribution >= 4 is 16.8 Å². The number of fused-ring (bicyclic) bond motifs is 3. The molecule has 0 amide bonds. The van der Waals surface area contributed by atoms with Crippen LogP contribution in [-0.2, 0) is 17.6 Å². The first-order chi connectivity index (χ1) is 17.1. The monoisotopic (exact) mass is 467 g/mol. The number of nitrogens with zero attached hydrogens (tertiary/aromatic N) is 5. The standard InChI is InChI=1S/C28H26FN5O/c1-17(16-35-2)25-15-31-34-26(32-27(33-28(25)34)21-12-22(29)14-30-13-21)10-18-7-8-20-11-19-5-3-4-6-23(19)24(20)9-18/h3-6,12-15,18H,1,7-11,16H2,2H3/t18-/m1/s1. The minimum atomic E-state index is -0.420. The van der Waals surface area contributed by atoms with Crippen LogP contribution in [0.2, 0.25) is 0 Å². The van der Waals surface area contributed by atoms with Gasteiger partial charge in [0.15, 0.2) is 11.5 Å². The summed E-state index contributed by atoms with van der Waals surface area (Å²) < 4.78 is 21.0. The van der Waals surface area contributed by atoms with E-state index in [0.29, 0.717) is 29.6 Å². The molecule has 0 N–H and O–H groups in total. The first-order valence-electron chi connectivity index (χ1n) is 11.9. The molecule has 0 aliphatic heterocycles. The smallest absolute Gasteiger partial charge is 0.167 e. The summed E-state index contributed by atoms with van der Waals surface area (Å²) in [5.74, 6) is 1.27. The highest BCUT2D eigenvalue weighted by Crippen LogP contribution is 2.44. The van der Waals surface area contributed by atoms with E-state index in [2.05, 4.69) is 40.9 Å². The van der Waals surface area contributed by atoms with E-state index in [0.717, 1.165) is 49.1 Å². The normalized spacial score (nSPS) is 17.0. The summed E-state index contributed by atoms with van der Waals surface area (Å²) in [5.41, 5.74) is 8.71. The highest BCUT2D eigenvalue weighted by Gasteiger charge is 2.29. The molecule has 3 heterocycles. The summed E-state index contributed by atoms with van der Waals surface area (Å²) in [6.45, 7) is 4.51. The Morgan fingerprint density at radius 3 is 2.94 bits per heavy atom. The van der Waals surface area contributed by atoms with E-state index in [1.165, 1.54) is 29.0 Å². The number of hydrogen-bond donors (Lipinski definition) is 0. The third-order valence-electron chi connectivity index (χ3n) is 7.09. The highest BCUT2D eigenvalue weighted by atomic mass is 19.1. The van der Waals surface area contributed by atoms with Gasteiger partial charge in [-0.3, -0.25) is 4.98 Å². The van der Waals surface area contributed by atoms with E-state index in [9.17, 15) is 4.39 Å². The van der Waals surface area contributed by atoms with E-state index < -0.39 is 5.82 Å². The Morgan fingerprint density at radius 2 is 2.09 bits per heavy atom. The molecule has 0 saturated carbocycles. The fraction of sp³-hybridized carbons (Fsp3) is 0.286. The van der Waals surface area contributed by atoms with Crippen molar-refractivity contribution < 1.29 is 9.13 Å². The second kappa shape index (κ2) is 8.82. The molecule has 1 atom stereocenters. The zero-order chi connectivity index (χ0) is 23.9. The molecule has 3 aromatic heterocycles. The van der Waals surface area contributed by atoms with Crippen LogP contribution in [0.4, 0.5) is 4.39 Å². The van der Waals surface area contributed by atoms with Gasteiger partial charge in [-0.05, 0) is 59.9 Å². The molecule has 35 heavy (non-hydrogen) atoms. The van der Waals surface area contributed by atoms with E-state index in [-0.39, 0.29) is 0 Å². The summed E-state index contributed by atoms with van der Waals surface area (Å²) in [5, 5.41) is 4.62. The van der Waals surface area contributed by atoms with Gasteiger partial charge >= 0.3 is 0 Å². The van der Waals surface area contributed by atoms with Crippen LogP contribution in [0, 0.1) is 11.7 Å². The van der Waals surface area contributed by atoms with Gasteiger partial charge in [0, 0.05) is 30.9 Å². The summed E-state index contributed by atoms with van der Waals surface area (Å²) in [6, 6.07) is 10.2. The SMILES string of the molecule is C=C(COC)c1cnn2c(C[C@@H]3CCC4=C(C3)c3ccccc3C4)nc(-c3cncc(F)c3)nc12. The van der Waals surface area contributed by atoms with Crippen LogP contribution in [-0.4, -0.2) is 38.3 Å². The second-order valence-corrected chi connectivity index (χ2v) is 9.41. The van der Waals surface area contributed by atoms with Crippen molar-refractivity contribution in [3.05, 3.63) is 89.4 Å². The molecule has 1 aromatic carbocycles. The van der Waals surface area contributed by atoms with E-state index >= 15 is 0 Å². The number of halogens is 1. The summed E-state index contributed by atoms with van der Waals surface area (Å²) in [7, 11) is 1.63. The Kier molecular flexibility index (Phi) is 5.49. The number of benzene rings is 1. The Hall–Kier alpha value is -3.71. The molecule has 7 heteroatoms. The van der Waals surface area contributed by atoms with Crippen LogP contribution < -0.4 is 0 Å². The first-order valence-corrected chi connectivity index (χ1v) is 11.9. The van der Waals surface area contributed by atoms with Crippen LogP contribution in [0.5, 0.6) is 0 Å². The predicted octanol–water partition coefficient (Wildman–Crippen LogP) is 5.34. The third kappa shape index (κ3) is 3.96. The van der Waals surface area contributed by atoms with Crippen molar-refractivity contribution in [3.63, 3.8) is 0 Å². The number of aromatic nitrogens is 5. The minimum Gasteiger partial charge on any atom is -0.380 e. The molecule has 4 aromatic rings. The maximum atomic E-state index is 14.0. The average molecular weight is 468 g/mol. The zero-order valence-electron chi connectivity index (χ0n) is 19.7. The molecule has 0 unspecified atom stereocenters. The number of rotatable bonds is 6. The minimum absolute atomic E-state index is 0.372.